The fourth-order valence-electron chi connectivity index (χ4n) is 2.40. The Labute approximate surface area is 104 Å². The fraction of sp³-hybridized carbons (Fsp3) is 0.500. The summed E-state index contributed by atoms with van der Waals surface area (Å²) in [5.74, 6) is -1.01. The van der Waals surface area contributed by atoms with Gasteiger partial charge in [0.1, 0.15) is 0 Å². The van der Waals surface area contributed by atoms with Gasteiger partial charge in [0, 0.05) is 11.6 Å². The zero-order valence-electron chi connectivity index (χ0n) is 9.96. The molecule has 4 heteroatoms. The molecule has 0 aromatic heterocycles. The Morgan fingerprint density at radius 2 is 1.72 bits per heavy atom. The number of amides is 1. The van der Waals surface area contributed by atoms with Crippen molar-refractivity contribution in [3.8, 4) is 0 Å². The second-order valence-electron chi connectivity index (χ2n) is 5.30. The summed E-state index contributed by atoms with van der Waals surface area (Å²) in [6.45, 7) is 0. The van der Waals surface area contributed by atoms with E-state index in [0.29, 0.717) is 11.8 Å². The lowest BCUT2D eigenvalue weighted by molar-refractivity contribution is 0.0925. The molecular formula is C14H15F2NO. The first-order valence-corrected chi connectivity index (χ1v) is 6.41. The van der Waals surface area contributed by atoms with Crippen LogP contribution >= 0.6 is 0 Å². The third kappa shape index (κ3) is 2.37. The average molecular weight is 251 g/mol. The lowest BCUT2D eigenvalue weighted by atomic mass is 10.1. The summed E-state index contributed by atoms with van der Waals surface area (Å²) >= 11 is 0. The first kappa shape index (κ1) is 11.6. The topological polar surface area (TPSA) is 29.1 Å². The number of rotatable bonds is 4. The lowest BCUT2D eigenvalue weighted by Gasteiger charge is -2.17. The maximum absolute atomic E-state index is 13.1. The van der Waals surface area contributed by atoms with Crippen LogP contribution in [0, 0.1) is 23.5 Å². The van der Waals surface area contributed by atoms with E-state index in [1.165, 1.54) is 31.7 Å². The van der Waals surface area contributed by atoms with Crippen molar-refractivity contribution in [1.29, 1.82) is 0 Å². The van der Waals surface area contributed by atoms with Gasteiger partial charge in [-0.05, 0) is 55.7 Å². The minimum atomic E-state index is -0.975. The second-order valence-corrected chi connectivity index (χ2v) is 5.30. The molecule has 0 radical (unpaired) electrons. The Morgan fingerprint density at radius 3 is 2.22 bits per heavy atom. The molecule has 0 saturated heterocycles. The van der Waals surface area contributed by atoms with E-state index >= 15 is 0 Å². The molecule has 18 heavy (non-hydrogen) atoms. The minimum Gasteiger partial charge on any atom is -0.349 e. The van der Waals surface area contributed by atoms with Gasteiger partial charge in [-0.1, -0.05) is 0 Å². The average Bonchev–Trinajstić information content (AvgIpc) is 3.22. The third-order valence-corrected chi connectivity index (χ3v) is 3.74. The molecule has 0 spiro atoms. The highest BCUT2D eigenvalue weighted by atomic mass is 19.2. The molecule has 0 atom stereocenters. The van der Waals surface area contributed by atoms with E-state index in [1.54, 1.807) is 0 Å². The van der Waals surface area contributed by atoms with E-state index < -0.39 is 11.6 Å². The Balaban J connectivity index is 1.71. The van der Waals surface area contributed by atoms with Crippen molar-refractivity contribution in [3.63, 3.8) is 0 Å². The van der Waals surface area contributed by atoms with Crippen LogP contribution in [0.1, 0.15) is 36.0 Å². The maximum Gasteiger partial charge on any atom is 0.251 e. The summed E-state index contributed by atoms with van der Waals surface area (Å²) in [5, 5.41) is 2.98. The van der Waals surface area contributed by atoms with Gasteiger partial charge in [0.05, 0.1) is 0 Å². The predicted molar refractivity (Wildman–Crippen MR) is 63.1 cm³/mol. The van der Waals surface area contributed by atoms with Crippen LogP contribution in [0.2, 0.25) is 0 Å². The van der Waals surface area contributed by atoms with Crippen LogP contribution in [0.5, 0.6) is 0 Å². The van der Waals surface area contributed by atoms with Gasteiger partial charge in [-0.15, -0.1) is 0 Å². The maximum atomic E-state index is 13.1. The van der Waals surface area contributed by atoms with Gasteiger partial charge in [-0.3, -0.25) is 4.79 Å². The van der Waals surface area contributed by atoms with Crippen LogP contribution in [0.15, 0.2) is 18.2 Å². The molecule has 0 bridgehead atoms. The predicted octanol–water partition coefficient (Wildman–Crippen LogP) is 2.88. The first-order chi connectivity index (χ1) is 8.65. The van der Waals surface area contributed by atoms with Crippen molar-refractivity contribution in [2.45, 2.75) is 31.7 Å². The highest BCUT2D eigenvalue weighted by Gasteiger charge is 2.42. The van der Waals surface area contributed by atoms with E-state index in [9.17, 15) is 13.6 Å². The molecule has 0 unspecified atom stereocenters. The van der Waals surface area contributed by atoms with Crippen LogP contribution in [0.25, 0.3) is 0 Å². The van der Waals surface area contributed by atoms with Gasteiger partial charge in [-0.2, -0.15) is 0 Å². The van der Waals surface area contributed by atoms with Crippen molar-refractivity contribution in [1.82, 2.24) is 5.32 Å². The van der Waals surface area contributed by atoms with Crippen LogP contribution in [-0.4, -0.2) is 11.9 Å². The van der Waals surface area contributed by atoms with Gasteiger partial charge in [-0.25, -0.2) is 8.78 Å². The van der Waals surface area contributed by atoms with Gasteiger partial charge in [0.15, 0.2) is 11.6 Å². The smallest absolute Gasteiger partial charge is 0.251 e. The van der Waals surface area contributed by atoms with E-state index in [2.05, 4.69) is 5.32 Å². The molecule has 2 nitrogen and oxygen atoms in total. The number of benzene rings is 1. The molecule has 1 N–H and O–H groups in total. The number of nitrogens with one attached hydrogen (secondary N) is 1. The minimum absolute atomic E-state index is 0.195. The SMILES string of the molecule is O=C(NC(C1CC1)C1CC1)c1ccc(F)c(F)c1. The molecule has 0 aliphatic heterocycles. The Hall–Kier alpha value is -1.45. The quantitative estimate of drug-likeness (QED) is 0.876. The molecule has 2 fully saturated rings. The zero-order chi connectivity index (χ0) is 12.7. The Bertz CT molecular complexity index is 469. The highest BCUT2D eigenvalue weighted by molar-refractivity contribution is 5.94. The van der Waals surface area contributed by atoms with Crippen LogP contribution in [0.3, 0.4) is 0 Å². The molecule has 1 aromatic rings. The number of hydrogen-bond acceptors (Lipinski definition) is 1. The number of carbonyl (C=O) groups excluding carboxylic acids is 1. The van der Waals surface area contributed by atoms with Gasteiger partial charge < -0.3 is 5.32 Å². The van der Waals surface area contributed by atoms with Gasteiger partial charge >= 0.3 is 0 Å². The second kappa shape index (κ2) is 4.34. The summed E-state index contributed by atoms with van der Waals surface area (Å²) in [6, 6.07) is 3.50. The molecule has 3 rings (SSSR count). The molecule has 2 saturated carbocycles. The number of hydrogen-bond donors (Lipinski definition) is 1. The Kier molecular flexibility index (Phi) is 2.80. The molecule has 1 aromatic carbocycles. The van der Waals surface area contributed by atoms with Gasteiger partial charge in [0.2, 0.25) is 0 Å². The summed E-state index contributed by atoms with van der Waals surface area (Å²) in [4.78, 5) is 12.0. The highest BCUT2D eigenvalue weighted by Crippen LogP contribution is 2.44. The largest absolute Gasteiger partial charge is 0.349 e. The summed E-state index contributed by atoms with van der Waals surface area (Å²) in [7, 11) is 0. The third-order valence-electron chi connectivity index (χ3n) is 3.74. The fourth-order valence-corrected chi connectivity index (χ4v) is 2.40. The van der Waals surface area contributed by atoms with Crippen molar-refractivity contribution < 1.29 is 13.6 Å². The monoisotopic (exact) mass is 251 g/mol. The molecule has 2 aliphatic carbocycles. The van der Waals surface area contributed by atoms with E-state index in [4.69, 9.17) is 0 Å². The van der Waals surface area contributed by atoms with Crippen molar-refractivity contribution >= 4 is 5.91 Å². The summed E-state index contributed by atoms with van der Waals surface area (Å²) in [5.41, 5.74) is 0.195. The van der Waals surface area contributed by atoms with E-state index in [1.807, 2.05) is 0 Å². The number of carbonyl (C=O) groups is 1. The number of halogens is 2. The van der Waals surface area contributed by atoms with Crippen molar-refractivity contribution in [2.75, 3.05) is 0 Å². The molecule has 1 amide bonds. The first-order valence-electron chi connectivity index (χ1n) is 6.41. The molecule has 96 valence electrons. The van der Waals surface area contributed by atoms with E-state index in [-0.39, 0.29) is 17.5 Å². The zero-order valence-corrected chi connectivity index (χ0v) is 9.96. The Morgan fingerprint density at radius 1 is 1.11 bits per heavy atom. The van der Waals surface area contributed by atoms with Crippen LogP contribution in [-0.2, 0) is 0 Å². The molecule has 0 heterocycles. The molecular weight excluding hydrogens is 236 g/mol. The van der Waals surface area contributed by atoms with Crippen LogP contribution in [0.4, 0.5) is 8.78 Å². The normalized spacial score (nSPS) is 19.1. The van der Waals surface area contributed by atoms with Crippen molar-refractivity contribution in [3.05, 3.63) is 35.4 Å². The van der Waals surface area contributed by atoms with E-state index in [0.717, 1.165) is 12.1 Å². The van der Waals surface area contributed by atoms with Crippen molar-refractivity contribution in [2.24, 2.45) is 11.8 Å². The standard InChI is InChI=1S/C14H15F2NO/c15-11-6-5-10(7-12(11)16)14(18)17-13(8-1-2-8)9-3-4-9/h5-9,13H,1-4H2,(H,17,18). The van der Waals surface area contributed by atoms with Gasteiger partial charge in [0.25, 0.3) is 5.91 Å². The lowest BCUT2D eigenvalue weighted by Crippen LogP contribution is -2.38. The summed E-state index contributed by atoms with van der Waals surface area (Å²) in [6.07, 6.45) is 4.66. The molecule has 2 aliphatic rings. The summed E-state index contributed by atoms with van der Waals surface area (Å²) < 4.78 is 25.9. The van der Waals surface area contributed by atoms with Crippen LogP contribution < -0.4 is 5.32 Å².